The van der Waals surface area contributed by atoms with Crippen LogP contribution in [0.25, 0.3) is 5.69 Å². The standard InChI is InChI=1S/C19H19FN4O/c1-12-8-13(2)10-17(9-12)24-11-18(22-23-24)19(25)21-14(3)15-4-6-16(20)7-5-15/h4-11,14H,1-3H3,(H,21,25)/t14-/m1/s1. The molecule has 0 unspecified atom stereocenters. The van der Waals surface area contributed by atoms with Crippen LogP contribution in [0, 0.1) is 19.7 Å². The molecular weight excluding hydrogens is 319 g/mol. The molecule has 5 nitrogen and oxygen atoms in total. The van der Waals surface area contributed by atoms with Crippen LogP contribution < -0.4 is 5.32 Å². The van der Waals surface area contributed by atoms with E-state index in [1.807, 2.05) is 32.9 Å². The Balaban J connectivity index is 1.75. The van der Waals surface area contributed by atoms with Crippen LogP contribution in [0.1, 0.15) is 40.1 Å². The molecule has 3 rings (SSSR count). The van der Waals surface area contributed by atoms with Crippen LogP contribution in [0.2, 0.25) is 0 Å². The fourth-order valence-electron chi connectivity index (χ4n) is 2.68. The molecule has 0 aliphatic heterocycles. The van der Waals surface area contributed by atoms with Gasteiger partial charge in [-0.25, -0.2) is 9.07 Å². The van der Waals surface area contributed by atoms with Crippen molar-refractivity contribution in [2.75, 3.05) is 0 Å². The van der Waals surface area contributed by atoms with Gasteiger partial charge in [-0.05, 0) is 61.7 Å². The second-order valence-electron chi connectivity index (χ2n) is 6.14. The molecule has 0 aliphatic rings. The number of aromatic nitrogens is 3. The Kier molecular flexibility index (Phi) is 4.61. The molecule has 1 N–H and O–H groups in total. The summed E-state index contributed by atoms with van der Waals surface area (Å²) in [5.41, 5.74) is 4.13. The maximum Gasteiger partial charge on any atom is 0.273 e. The van der Waals surface area contributed by atoms with Gasteiger partial charge in [0.25, 0.3) is 5.91 Å². The van der Waals surface area contributed by atoms with Crippen LogP contribution >= 0.6 is 0 Å². The van der Waals surface area contributed by atoms with Gasteiger partial charge in [-0.15, -0.1) is 5.10 Å². The predicted molar refractivity (Wildman–Crippen MR) is 93.1 cm³/mol. The van der Waals surface area contributed by atoms with Gasteiger partial charge in [-0.2, -0.15) is 0 Å². The Labute approximate surface area is 145 Å². The zero-order chi connectivity index (χ0) is 18.0. The summed E-state index contributed by atoms with van der Waals surface area (Å²) < 4.78 is 14.6. The lowest BCUT2D eigenvalue weighted by molar-refractivity contribution is 0.0934. The van der Waals surface area contributed by atoms with E-state index in [9.17, 15) is 9.18 Å². The Morgan fingerprint density at radius 2 is 1.76 bits per heavy atom. The zero-order valence-electron chi connectivity index (χ0n) is 14.3. The minimum absolute atomic E-state index is 0.230. The molecule has 0 bridgehead atoms. The largest absolute Gasteiger partial charge is 0.344 e. The number of hydrogen-bond acceptors (Lipinski definition) is 3. The van der Waals surface area contributed by atoms with Crippen molar-refractivity contribution in [3.63, 3.8) is 0 Å². The molecule has 2 aromatic carbocycles. The van der Waals surface area contributed by atoms with Gasteiger partial charge < -0.3 is 5.32 Å². The number of carbonyl (C=O) groups excluding carboxylic acids is 1. The van der Waals surface area contributed by atoms with Crippen LogP contribution in [0.15, 0.2) is 48.7 Å². The molecule has 0 aliphatic carbocycles. The predicted octanol–water partition coefficient (Wildman–Crippen LogP) is 3.51. The summed E-state index contributed by atoms with van der Waals surface area (Å²) in [7, 11) is 0. The lowest BCUT2D eigenvalue weighted by Crippen LogP contribution is -2.27. The third kappa shape index (κ3) is 3.91. The van der Waals surface area contributed by atoms with E-state index in [1.165, 1.54) is 12.1 Å². The van der Waals surface area contributed by atoms with Gasteiger partial charge in [0.1, 0.15) is 5.82 Å². The molecule has 128 valence electrons. The van der Waals surface area contributed by atoms with E-state index in [1.54, 1.807) is 23.0 Å². The van der Waals surface area contributed by atoms with E-state index in [2.05, 4.69) is 21.7 Å². The molecule has 25 heavy (non-hydrogen) atoms. The number of carbonyl (C=O) groups is 1. The van der Waals surface area contributed by atoms with Crippen molar-refractivity contribution in [2.45, 2.75) is 26.8 Å². The lowest BCUT2D eigenvalue weighted by atomic mass is 10.1. The number of aryl methyl sites for hydroxylation is 2. The topological polar surface area (TPSA) is 59.8 Å². The normalized spacial score (nSPS) is 12.0. The average Bonchev–Trinajstić information content (AvgIpc) is 3.04. The van der Waals surface area contributed by atoms with E-state index in [0.717, 1.165) is 22.4 Å². The molecule has 0 saturated heterocycles. The summed E-state index contributed by atoms with van der Waals surface area (Å²) in [5, 5.41) is 10.8. The van der Waals surface area contributed by atoms with Crippen molar-refractivity contribution in [2.24, 2.45) is 0 Å². The highest BCUT2D eigenvalue weighted by Gasteiger charge is 2.15. The molecule has 0 radical (unpaired) electrons. The van der Waals surface area contributed by atoms with Gasteiger partial charge in [0.15, 0.2) is 5.69 Å². The highest BCUT2D eigenvalue weighted by atomic mass is 19.1. The summed E-state index contributed by atoms with van der Waals surface area (Å²) in [6.07, 6.45) is 1.60. The Bertz CT molecular complexity index is 882. The SMILES string of the molecule is Cc1cc(C)cc(-n2cc(C(=O)N[C@H](C)c3ccc(F)cc3)nn2)c1. The molecule has 1 atom stereocenters. The maximum atomic E-state index is 13.0. The van der Waals surface area contributed by atoms with Crippen molar-refractivity contribution in [1.29, 1.82) is 0 Å². The third-order valence-electron chi connectivity index (χ3n) is 3.91. The number of rotatable bonds is 4. The van der Waals surface area contributed by atoms with Gasteiger partial charge in [0.2, 0.25) is 0 Å². The summed E-state index contributed by atoms with van der Waals surface area (Å²) in [5.74, 6) is -0.633. The summed E-state index contributed by atoms with van der Waals surface area (Å²) in [4.78, 5) is 12.4. The molecule has 0 spiro atoms. The Morgan fingerprint density at radius 3 is 2.40 bits per heavy atom. The fraction of sp³-hybridized carbons (Fsp3) is 0.211. The molecule has 0 fully saturated rings. The first-order chi connectivity index (χ1) is 11.9. The second-order valence-corrected chi connectivity index (χ2v) is 6.14. The third-order valence-corrected chi connectivity index (χ3v) is 3.91. The van der Waals surface area contributed by atoms with E-state index >= 15 is 0 Å². The minimum atomic E-state index is -0.326. The van der Waals surface area contributed by atoms with Crippen LogP contribution in [0.3, 0.4) is 0 Å². The van der Waals surface area contributed by atoms with Gasteiger partial charge >= 0.3 is 0 Å². The van der Waals surface area contributed by atoms with Crippen LogP contribution in [0.5, 0.6) is 0 Å². The molecule has 1 aromatic heterocycles. The number of hydrogen-bond donors (Lipinski definition) is 1. The van der Waals surface area contributed by atoms with E-state index in [4.69, 9.17) is 0 Å². The Morgan fingerprint density at radius 1 is 1.12 bits per heavy atom. The minimum Gasteiger partial charge on any atom is -0.344 e. The monoisotopic (exact) mass is 338 g/mol. The van der Waals surface area contributed by atoms with Gasteiger partial charge in [0.05, 0.1) is 17.9 Å². The summed E-state index contributed by atoms with van der Waals surface area (Å²) in [6, 6.07) is 11.8. The number of benzene rings is 2. The smallest absolute Gasteiger partial charge is 0.273 e. The van der Waals surface area contributed by atoms with Crippen molar-refractivity contribution in [3.8, 4) is 5.69 Å². The van der Waals surface area contributed by atoms with E-state index in [-0.39, 0.29) is 23.5 Å². The molecule has 0 saturated carbocycles. The number of nitrogens with zero attached hydrogens (tertiary/aromatic N) is 3. The first-order valence-electron chi connectivity index (χ1n) is 8.00. The molecule has 6 heteroatoms. The van der Waals surface area contributed by atoms with Crippen LogP contribution in [-0.2, 0) is 0 Å². The summed E-state index contributed by atoms with van der Waals surface area (Å²) >= 11 is 0. The quantitative estimate of drug-likeness (QED) is 0.792. The van der Waals surface area contributed by atoms with Crippen LogP contribution in [0.4, 0.5) is 4.39 Å². The molecule has 1 heterocycles. The van der Waals surface area contributed by atoms with Gasteiger partial charge in [-0.3, -0.25) is 4.79 Å². The molecule has 1 amide bonds. The van der Waals surface area contributed by atoms with E-state index in [0.29, 0.717) is 0 Å². The summed E-state index contributed by atoms with van der Waals surface area (Å²) in [6.45, 7) is 5.84. The number of nitrogens with one attached hydrogen (secondary N) is 1. The molecular formula is C19H19FN4O. The average molecular weight is 338 g/mol. The van der Waals surface area contributed by atoms with Crippen molar-refractivity contribution >= 4 is 5.91 Å². The van der Waals surface area contributed by atoms with Crippen molar-refractivity contribution < 1.29 is 9.18 Å². The zero-order valence-corrected chi connectivity index (χ0v) is 14.3. The van der Waals surface area contributed by atoms with Gasteiger partial charge in [0, 0.05) is 0 Å². The highest BCUT2D eigenvalue weighted by Crippen LogP contribution is 2.15. The second kappa shape index (κ2) is 6.84. The van der Waals surface area contributed by atoms with E-state index < -0.39 is 0 Å². The van der Waals surface area contributed by atoms with Crippen molar-refractivity contribution in [1.82, 2.24) is 20.3 Å². The maximum absolute atomic E-state index is 13.0. The first kappa shape index (κ1) is 16.8. The Hall–Kier alpha value is -3.02. The van der Waals surface area contributed by atoms with Crippen LogP contribution in [-0.4, -0.2) is 20.9 Å². The number of halogens is 1. The van der Waals surface area contributed by atoms with Crippen molar-refractivity contribution in [3.05, 3.63) is 76.9 Å². The fourth-order valence-corrected chi connectivity index (χ4v) is 2.68. The lowest BCUT2D eigenvalue weighted by Gasteiger charge is -2.13. The molecule has 3 aromatic rings. The first-order valence-corrected chi connectivity index (χ1v) is 8.00. The van der Waals surface area contributed by atoms with Gasteiger partial charge in [-0.1, -0.05) is 23.4 Å². The highest BCUT2D eigenvalue weighted by molar-refractivity contribution is 5.92. The number of amides is 1.